The van der Waals surface area contributed by atoms with Gasteiger partial charge in [0.2, 0.25) is 0 Å². The first-order valence-corrected chi connectivity index (χ1v) is 9.97. The SMILES string of the molecule is CC[C@H](O)CCCNC(=O)c1cc2c(C)nn(Cc3ccc(F)cc3)c2s1. The molecule has 1 amide bonds. The van der Waals surface area contributed by atoms with Gasteiger partial charge in [-0.3, -0.25) is 9.48 Å². The minimum atomic E-state index is -0.300. The zero-order valence-corrected chi connectivity index (χ0v) is 16.4. The number of halogens is 1. The van der Waals surface area contributed by atoms with E-state index in [1.165, 1.54) is 23.5 Å². The lowest BCUT2D eigenvalue weighted by Gasteiger charge is -2.07. The van der Waals surface area contributed by atoms with Gasteiger partial charge in [0.25, 0.3) is 5.91 Å². The van der Waals surface area contributed by atoms with E-state index in [-0.39, 0.29) is 17.8 Å². The van der Waals surface area contributed by atoms with Gasteiger partial charge in [-0.05, 0) is 49.9 Å². The zero-order chi connectivity index (χ0) is 19.4. The number of aromatic nitrogens is 2. The molecule has 1 aromatic carbocycles. The maximum absolute atomic E-state index is 13.1. The van der Waals surface area contributed by atoms with E-state index in [9.17, 15) is 14.3 Å². The molecule has 27 heavy (non-hydrogen) atoms. The molecule has 2 aromatic heterocycles. The second-order valence-electron chi connectivity index (χ2n) is 6.66. The number of thiophene rings is 1. The summed E-state index contributed by atoms with van der Waals surface area (Å²) in [6.45, 7) is 4.94. The van der Waals surface area contributed by atoms with E-state index in [4.69, 9.17) is 0 Å². The van der Waals surface area contributed by atoms with Crippen molar-refractivity contribution in [1.29, 1.82) is 0 Å². The number of rotatable bonds is 8. The monoisotopic (exact) mass is 389 g/mol. The number of nitrogens with one attached hydrogen (secondary N) is 1. The summed E-state index contributed by atoms with van der Waals surface area (Å²) in [6.07, 6.45) is 1.87. The molecule has 0 bridgehead atoms. The van der Waals surface area contributed by atoms with Crippen LogP contribution in [0.25, 0.3) is 10.2 Å². The standard InChI is InChI=1S/C20H24FN3O2S/c1-3-16(25)5-4-10-22-19(26)18-11-17-13(2)23-24(20(17)27-18)12-14-6-8-15(21)9-7-14/h6-9,11,16,25H,3-5,10,12H2,1-2H3,(H,22,26)/t16-/m0/s1. The fourth-order valence-electron chi connectivity index (χ4n) is 2.93. The van der Waals surface area contributed by atoms with Gasteiger partial charge < -0.3 is 10.4 Å². The van der Waals surface area contributed by atoms with Crippen LogP contribution in [0.2, 0.25) is 0 Å². The van der Waals surface area contributed by atoms with Crippen molar-refractivity contribution in [2.75, 3.05) is 6.54 Å². The fraction of sp³-hybridized carbons (Fsp3) is 0.400. The number of hydrogen-bond donors (Lipinski definition) is 2. The summed E-state index contributed by atoms with van der Waals surface area (Å²) in [7, 11) is 0. The third kappa shape index (κ3) is 4.73. The van der Waals surface area contributed by atoms with Crippen LogP contribution < -0.4 is 5.32 Å². The first kappa shape index (κ1) is 19.5. The van der Waals surface area contributed by atoms with Crippen LogP contribution in [0.3, 0.4) is 0 Å². The average molecular weight is 389 g/mol. The van der Waals surface area contributed by atoms with E-state index in [2.05, 4.69) is 10.4 Å². The number of hydrogen-bond acceptors (Lipinski definition) is 4. The lowest BCUT2D eigenvalue weighted by atomic mass is 10.1. The van der Waals surface area contributed by atoms with Crippen molar-refractivity contribution in [1.82, 2.24) is 15.1 Å². The van der Waals surface area contributed by atoms with Gasteiger partial charge in [-0.2, -0.15) is 5.10 Å². The summed E-state index contributed by atoms with van der Waals surface area (Å²) >= 11 is 1.41. The molecule has 7 heteroatoms. The molecule has 0 fully saturated rings. The van der Waals surface area contributed by atoms with Gasteiger partial charge >= 0.3 is 0 Å². The number of carbonyl (C=O) groups is 1. The molecule has 2 heterocycles. The molecule has 5 nitrogen and oxygen atoms in total. The molecular weight excluding hydrogens is 365 g/mol. The Hall–Kier alpha value is -2.25. The van der Waals surface area contributed by atoms with Gasteiger partial charge in [0.05, 0.1) is 23.2 Å². The molecule has 0 saturated carbocycles. The maximum Gasteiger partial charge on any atom is 0.261 e. The number of nitrogens with zero attached hydrogens (tertiary/aromatic N) is 2. The van der Waals surface area contributed by atoms with Gasteiger partial charge in [0.15, 0.2) is 0 Å². The second-order valence-corrected chi connectivity index (χ2v) is 7.69. The third-order valence-corrected chi connectivity index (χ3v) is 5.69. The Morgan fingerprint density at radius 2 is 2.11 bits per heavy atom. The minimum absolute atomic E-state index is 0.102. The summed E-state index contributed by atoms with van der Waals surface area (Å²) in [6, 6.07) is 8.23. The molecule has 0 radical (unpaired) electrons. The number of benzene rings is 1. The highest BCUT2D eigenvalue weighted by atomic mass is 32.1. The van der Waals surface area contributed by atoms with Crippen molar-refractivity contribution in [3.63, 3.8) is 0 Å². The smallest absolute Gasteiger partial charge is 0.261 e. The molecule has 3 rings (SSSR count). The Morgan fingerprint density at radius 1 is 1.37 bits per heavy atom. The third-order valence-electron chi connectivity index (χ3n) is 4.55. The average Bonchev–Trinajstić information content (AvgIpc) is 3.22. The first-order chi connectivity index (χ1) is 13.0. The van der Waals surface area contributed by atoms with E-state index < -0.39 is 0 Å². The Bertz CT molecular complexity index is 917. The molecule has 0 aliphatic heterocycles. The van der Waals surface area contributed by atoms with Gasteiger partial charge in [0.1, 0.15) is 10.6 Å². The second kappa shape index (κ2) is 8.63. The normalized spacial score (nSPS) is 12.4. The highest BCUT2D eigenvalue weighted by Gasteiger charge is 2.16. The van der Waals surface area contributed by atoms with Crippen molar-refractivity contribution in [2.45, 2.75) is 45.8 Å². The summed E-state index contributed by atoms with van der Waals surface area (Å²) in [4.78, 5) is 14.0. The van der Waals surface area contributed by atoms with Crippen LogP contribution in [-0.4, -0.2) is 33.4 Å². The summed E-state index contributed by atoms with van der Waals surface area (Å²) in [5.74, 6) is -0.364. The summed E-state index contributed by atoms with van der Waals surface area (Å²) < 4.78 is 14.9. The molecule has 0 spiro atoms. The van der Waals surface area contributed by atoms with Gasteiger partial charge in [-0.25, -0.2) is 4.39 Å². The number of carbonyl (C=O) groups excluding carboxylic acids is 1. The van der Waals surface area contributed by atoms with Crippen molar-refractivity contribution in [2.24, 2.45) is 0 Å². The van der Waals surface area contributed by atoms with Crippen LogP contribution >= 0.6 is 11.3 Å². The molecule has 0 aliphatic rings. The topological polar surface area (TPSA) is 67.2 Å². The molecular formula is C20H24FN3O2S. The highest BCUT2D eigenvalue weighted by Crippen LogP contribution is 2.29. The number of amides is 1. The Balaban J connectivity index is 1.69. The van der Waals surface area contributed by atoms with Crippen LogP contribution in [-0.2, 0) is 6.54 Å². The van der Waals surface area contributed by atoms with Gasteiger partial charge in [0, 0.05) is 11.9 Å². The molecule has 3 aromatic rings. The number of aryl methyl sites for hydroxylation is 1. The Morgan fingerprint density at radius 3 is 2.81 bits per heavy atom. The molecule has 1 atom stereocenters. The van der Waals surface area contributed by atoms with Gasteiger partial charge in [-0.15, -0.1) is 11.3 Å². The largest absolute Gasteiger partial charge is 0.393 e. The van der Waals surface area contributed by atoms with Crippen molar-refractivity contribution < 1.29 is 14.3 Å². The van der Waals surface area contributed by atoms with Crippen LogP contribution in [0.4, 0.5) is 4.39 Å². The highest BCUT2D eigenvalue weighted by molar-refractivity contribution is 7.20. The number of aliphatic hydroxyl groups is 1. The van der Waals surface area contributed by atoms with Crippen LogP contribution in [0.5, 0.6) is 0 Å². The zero-order valence-electron chi connectivity index (χ0n) is 15.5. The van der Waals surface area contributed by atoms with E-state index in [0.29, 0.717) is 24.4 Å². The predicted molar refractivity (Wildman–Crippen MR) is 106 cm³/mol. The molecule has 144 valence electrons. The van der Waals surface area contributed by atoms with Crippen LogP contribution in [0.1, 0.15) is 47.1 Å². The summed E-state index contributed by atoms with van der Waals surface area (Å²) in [5, 5.41) is 18.0. The van der Waals surface area contributed by atoms with Gasteiger partial charge in [-0.1, -0.05) is 19.1 Å². The predicted octanol–water partition coefficient (Wildman–Crippen LogP) is 3.87. The molecule has 0 aliphatic carbocycles. The first-order valence-electron chi connectivity index (χ1n) is 9.15. The molecule has 0 unspecified atom stereocenters. The molecule has 0 saturated heterocycles. The lowest BCUT2D eigenvalue weighted by molar-refractivity contribution is 0.0952. The number of fused-ring (bicyclic) bond motifs is 1. The van der Waals surface area contributed by atoms with Crippen molar-refractivity contribution in [3.8, 4) is 0 Å². The molecule has 2 N–H and O–H groups in total. The van der Waals surface area contributed by atoms with E-state index in [1.807, 2.05) is 24.6 Å². The number of aliphatic hydroxyl groups excluding tert-OH is 1. The van der Waals surface area contributed by atoms with E-state index >= 15 is 0 Å². The fourth-order valence-corrected chi connectivity index (χ4v) is 4.00. The lowest BCUT2D eigenvalue weighted by Crippen LogP contribution is -2.24. The summed E-state index contributed by atoms with van der Waals surface area (Å²) in [5.41, 5.74) is 1.82. The van der Waals surface area contributed by atoms with E-state index in [1.54, 1.807) is 12.1 Å². The van der Waals surface area contributed by atoms with E-state index in [0.717, 1.165) is 34.3 Å². The Labute approximate surface area is 161 Å². The minimum Gasteiger partial charge on any atom is -0.393 e. The van der Waals surface area contributed by atoms with Crippen LogP contribution in [0, 0.1) is 12.7 Å². The van der Waals surface area contributed by atoms with Crippen molar-refractivity contribution in [3.05, 3.63) is 52.3 Å². The van der Waals surface area contributed by atoms with Crippen LogP contribution in [0.15, 0.2) is 30.3 Å². The Kier molecular flexibility index (Phi) is 6.23. The quantitative estimate of drug-likeness (QED) is 0.575. The van der Waals surface area contributed by atoms with Crippen molar-refractivity contribution >= 4 is 27.5 Å². The maximum atomic E-state index is 13.1.